The van der Waals surface area contributed by atoms with Gasteiger partial charge in [-0.3, -0.25) is 4.79 Å². The van der Waals surface area contributed by atoms with Gasteiger partial charge in [-0.1, -0.05) is 29.3 Å². The van der Waals surface area contributed by atoms with Crippen molar-refractivity contribution in [1.29, 1.82) is 0 Å². The van der Waals surface area contributed by atoms with Gasteiger partial charge < -0.3 is 14.8 Å². The number of anilines is 1. The second-order valence-corrected chi connectivity index (χ2v) is 6.86. The second-order valence-electron chi connectivity index (χ2n) is 6.01. The van der Waals surface area contributed by atoms with Crippen molar-refractivity contribution in [1.82, 2.24) is 9.78 Å². The fourth-order valence-corrected chi connectivity index (χ4v) is 3.22. The number of rotatable bonds is 7. The summed E-state index contributed by atoms with van der Waals surface area (Å²) in [5.74, 6) is 1.65. The van der Waals surface area contributed by atoms with Gasteiger partial charge in [-0.15, -0.1) is 0 Å². The highest BCUT2D eigenvalue weighted by Gasteiger charge is 2.13. The van der Waals surface area contributed by atoms with Gasteiger partial charge in [0.1, 0.15) is 17.3 Å². The quantitative estimate of drug-likeness (QED) is 0.614. The SMILES string of the molecule is COc1ccc(OC)c(CC(=O)Nc2ccnn2Cc2ccc(Cl)cc2Cl)c1. The minimum Gasteiger partial charge on any atom is -0.497 e. The largest absolute Gasteiger partial charge is 0.497 e. The summed E-state index contributed by atoms with van der Waals surface area (Å²) in [5.41, 5.74) is 1.57. The molecule has 0 fully saturated rings. The van der Waals surface area contributed by atoms with Gasteiger partial charge in [0.15, 0.2) is 0 Å². The van der Waals surface area contributed by atoms with E-state index in [4.69, 9.17) is 32.7 Å². The highest BCUT2D eigenvalue weighted by Crippen LogP contribution is 2.25. The molecule has 1 amide bonds. The van der Waals surface area contributed by atoms with Crippen molar-refractivity contribution in [2.45, 2.75) is 13.0 Å². The van der Waals surface area contributed by atoms with Crippen LogP contribution in [0.3, 0.4) is 0 Å². The fourth-order valence-electron chi connectivity index (χ4n) is 2.76. The van der Waals surface area contributed by atoms with Crippen LogP contribution < -0.4 is 14.8 Å². The van der Waals surface area contributed by atoms with Crippen LogP contribution in [0, 0.1) is 0 Å². The third-order valence-corrected chi connectivity index (χ3v) is 4.74. The molecule has 0 radical (unpaired) electrons. The lowest BCUT2D eigenvalue weighted by molar-refractivity contribution is -0.115. The number of nitrogens with zero attached hydrogens (tertiary/aromatic N) is 2. The average Bonchev–Trinajstić information content (AvgIpc) is 3.10. The van der Waals surface area contributed by atoms with Crippen LogP contribution in [0.5, 0.6) is 11.5 Å². The maximum atomic E-state index is 12.6. The number of carbonyl (C=O) groups excluding carboxylic acids is 1. The van der Waals surface area contributed by atoms with Gasteiger partial charge in [-0.05, 0) is 35.9 Å². The van der Waals surface area contributed by atoms with Crippen molar-refractivity contribution >= 4 is 34.9 Å². The van der Waals surface area contributed by atoms with Crippen LogP contribution >= 0.6 is 23.2 Å². The first-order valence-electron chi connectivity index (χ1n) is 8.46. The van der Waals surface area contributed by atoms with Gasteiger partial charge in [-0.2, -0.15) is 5.10 Å². The Labute approximate surface area is 173 Å². The van der Waals surface area contributed by atoms with E-state index in [1.54, 1.807) is 61.5 Å². The first-order chi connectivity index (χ1) is 13.5. The zero-order valence-corrected chi connectivity index (χ0v) is 16.9. The molecule has 1 aromatic heterocycles. The number of halogens is 2. The molecule has 0 saturated carbocycles. The molecule has 0 aliphatic rings. The molecule has 0 saturated heterocycles. The zero-order chi connectivity index (χ0) is 20.1. The van der Waals surface area contributed by atoms with E-state index in [1.807, 2.05) is 6.07 Å². The molecule has 3 rings (SSSR count). The Hall–Kier alpha value is -2.70. The molecule has 1 N–H and O–H groups in total. The Kier molecular flexibility index (Phi) is 6.44. The van der Waals surface area contributed by atoms with E-state index < -0.39 is 0 Å². The molecule has 0 aliphatic heterocycles. The molecule has 1 heterocycles. The summed E-state index contributed by atoms with van der Waals surface area (Å²) in [6, 6.07) is 12.3. The van der Waals surface area contributed by atoms with Crippen LogP contribution in [0.25, 0.3) is 0 Å². The van der Waals surface area contributed by atoms with E-state index in [0.717, 1.165) is 11.1 Å². The first kappa shape index (κ1) is 20.0. The van der Waals surface area contributed by atoms with E-state index in [9.17, 15) is 4.79 Å². The first-order valence-corrected chi connectivity index (χ1v) is 9.22. The Morgan fingerprint density at radius 3 is 2.61 bits per heavy atom. The minimum atomic E-state index is -0.199. The number of amides is 1. The summed E-state index contributed by atoms with van der Waals surface area (Å²) >= 11 is 12.2. The average molecular weight is 420 g/mol. The Morgan fingerprint density at radius 2 is 1.89 bits per heavy atom. The number of benzene rings is 2. The highest BCUT2D eigenvalue weighted by atomic mass is 35.5. The third kappa shape index (κ3) is 4.77. The normalized spacial score (nSPS) is 10.6. The van der Waals surface area contributed by atoms with Crippen molar-refractivity contribution in [3.8, 4) is 11.5 Å². The van der Waals surface area contributed by atoms with E-state index in [1.165, 1.54) is 0 Å². The van der Waals surface area contributed by atoms with Crippen molar-refractivity contribution < 1.29 is 14.3 Å². The van der Waals surface area contributed by atoms with Gasteiger partial charge in [-0.25, -0.2) is 4.68 Å². The minimum absolute atomic E-state index is 0.132. The summed E-state index contributed by atoms with van der Waals surface area (Å²) < 4.78 is 12.2. The summed E-state index contributed by atoms with van der Waals surface area (Å²) in [6.45, 7) is 0.404. The molecule has 0 atom stereocenters. The zero-order valence-electron chi connectivity index (χ0n) is 15.4. The number of methoxy groups -OCH3 is 2. The number of nitrogens with one attached hydrogen (secondary N) is 1. The Balaban J connectivity index is 1.73. The van der Waals surface area contributed by atoms with Crippen molar-refractivity contribution in [3.05, 3.63) is 69.8 Å². The molecule has 0 bridgehead atoms. The molecular weight excluding hydrogens is 401 g/mol. The molecular formula is C20H19Cl2N3O3. The summed E-state index contributed by atoms with van der Waals surface area (Å²) in [4.78, 5) is 12.6. The van der Waals surface area contributed by atoms with Gasteiger partial charge in [0.25, 0.3) is 0 Å². The van der Waals surface area contributed by atoms with Crippen LogP contribution in [0.4, 0.5) is 5.82 Å². The van der Waals surface area contributed by atoms with Gasteiger partial charge >= 0.3 is 0 Å². The number of aromatic nitrogens is 2. The van der Waals surface area contributed by atoms with E-state index >= 15 is 0 Å². The van der Waals surface area contributed by atoms with Crippen LogP contribution in [-0.4, -0.2) is 29.9 Å². The molecule has 0 spiro atoms. The Bertz CT molecular complexity index is 989. The van der Waals surface area contributed by atoms with Crippen molar-refractivity contribution in [2.24, 2.45) is 0 Å². The van der Waals surface area contributed by atoms with Crippen LogP contribution in [0.2, 0.25) is 10.0 Å². The Morgan fingerprint density at radius 1 is 1.07 bits per heavy atom. The third-order valence-electron chi connectivity index (χ3n) is 4.16. The molecule has 2 aromatic carbocycles. The van der Waals surface area contributed by atoms with Gasteiger partial charge in [0.05, 0.1) is 33.4 Å². The molecule has 8 heteroatoms. The van der Waals surface area contributed by atoms with Crippen LogP contribution in [0.1, 0.15) is 11.1 Å². The molecule has 0 aliphatic carbocycles. The lowest BCUT2D eigenvalue weighted by atomic mass is 10.1. The number of ether oxygens (including phenoxy) is 2. The van der Waals surface area contributed by atoms with E-state index in [2.05, 4.69) is 10.4 Å². The van der Waals surface area contributed by atoms with Crippen molar-refractivity contribution in [2.75, 3.05) is 19.5 Å². The van der Waals surface area contributed by atoms with Crippen LogP contribution in [-0.2, 0) is 17.8 Å². The predicted molar refractivity (Wildman–Crippen MR) is 110 cm³/mol. The van der Waals surface area contributed by atoms with Gasteiger partial charge in [0.2, 0.25) is 5.91 Å². The van der Waals surface area contributed by atoms with Crippen molar-refractivity contribution in [3.63, 3.8) is 0 Å². The summed E-state index contributed by atoms with van der Waals surface area (Å²) in [7, 11) is 3.14. The standard InChI is InChI=1S/C20H19Cl2N3O3/c1-27-16-5-6-18(28-2)14(9-16)10-20(26)24-19-7-8-23-25(19)12-13-3-4-15(21)11-17(13)22/h3-9,11H,10,12H2,1-2H3,(H,24,26). The molecule has 6 nitrogen and oxygen atoms in total. The van der Waals surface area contributed by atoms with E-state index in [-0.39, 0.29) is 12.3 Å². The summed E-state index contributed by atoms with van der Waals surface area (Å²) in [6.07, 6.45) is 1.75. The monoisotopic (exact) mass is 419 g/mol. The molecule has 3 aromatic rings. The maximum Gasteiger partial charge on any atom is 0.230 e. The number of carbonyl (C=O) groups is 1. The summed E-state index contributed by atoms with van der Waals surface area (Å²) in [5, 5.41) is 8.24. The van der Waals surface area contributed by atoms with E-state index in [0.29, 0.717) is 33.9 Å². The molecule has 146 valence electrons. The smallest absolute Gasteiger partial charge is 0.230 e. The van der Waals surface area contributed by atoms with Gasteiger partial charge in [0, 0.05) is 21.7 Å². The second kappa shape index (κ2) is 8.99. The number of hydrogen-bond acceptors (Lipinski definition) is 4. The molecule has 0 unspecified atom stereocenters. The lowest BCUT2D eigenvalue weighted by Gasteiger charge is -2.12. The topological polar surface area (TPSA) is 65.4 Å². The fraction of sp³-hybridized carbons (Fsp3) is 0.200. The maximum absolute atomic E-state index is 12.6. The predicted octanol–water partition coefficient (Wildman–Crippen LogP) is 4.44. The molecule has 28 heavy (non-hydrogen) atoms. The number of hydrogen-bond donors (Lipinski definition) is 1. The lowest BCUT2D eigenvalue weighted by Crippen LogP contribution is -2.18. The highest BCUT2D eigenvalue weighted by molar-refractivity contribution is 6.35. The van der Waals surface area contributed by atoms with Crippen LogP contribution in [0.15, 0.2) is 48.7 Å².